The Balaban J connectivity index is 1.93. The predicted octanol–water partition coefficient (Wildman–Crippen LogP) is 1.28. The van der Waals surface area contributed by atoms with Crippen LogP contribution < -0.4 is 5.32 Å². The number of carbonyl (C=O) groups is 2. The summed E-state index contributed by atoms with van der Waals surface area (Å²) in [4.78, 5) is 28.4. The van der Waals surface area contributed by atoms with E-state index in [0.717, 1.165) is 25.1 Å². The molecular formula is C15H23N3O2S. The lowest BCUT2D eigenvalue weighted by Gasteiger charge is -2.24. The highest BCUT2D eigenvalue weighted by Gasteiger charge is 2.25. The van der Waals surface area contributed by atoms with Gasteiger partial charge in [0.1, 0.15) is 0 Å². The van der Waals surface area contributed by atoms with Crippen LogP contribution in [0.2, 0.25) is 0 Å². The van der Waals surface area contributed by atoms with Gasteiger partial charge < -0.3 is 15.1 Å². The Kier molecular flexibility index (Phi) is 5.76. The Labute approximate surface area is 129 Å². The first kappa shape index (κ1) is 16.0. The molecule has 0 aromatic carbocycles. The van der Waals surface area contributed by atoms with Crippen LogP contribution >= 0.6 is 11.3 Å². The van der Waals surface area contributed by atoms with Gasteiger partial charge in [0.25, 0.3) is 5.91 Å². The molecule has 2 amide bonds. The molecule has 0 aliphatic carbocycles. The van der Waals surface area contributed by atoms with E-state index in [9.17, 15) is 9.59 Å². The van der Waals surface area contributed by atoms with Gasteiger partial charge in [-0.3, -0.25) is 9.59 Å². The van der Waals surface area contributed by atoms with E-state index >= 15 is 0 Å². The average molecular weight is 309 g/mol. The van der Waals surface area contributed by atoms with Crippen LogP contribution in [0.4, 0.5) is 0 Å². The van der Waals surface area contributed by atoms with Crippen molar-refractivity contribution in [2.24, 2.45) is 5.92 Å². The zero-order valence-corrected chi connectivity index (χ0v) is 13.5. The van der Waals surface area contributed by atoms with Crippen molar-refractivity contribution in [3.05, 3.63) is 22.4 Å². The largest absolute Gasteiger partial charge is 0.341 e. The van der Waals surface area contributed by atoms with Crippen molar-refractivity contribution in [1.82, 2.24) is 15.1 Å². The molecule has 6 heteroatoms. The quantitative estimate of drug-likeness (QED) is 0.911. The Hall–Kier alpha value is -1.40. The van der Waals surface area contributed by atoms with E-state index in [0.29, 0.717) is 19.6 Å². The second-order valence-corrected chi connectivity index (χ2v) is 6.22. The zero-order valence-electron chi connectivity index (χ0n) is 12.7. The minimum atomic E-state index is -0.0193. The minimum Gasteiger partial charge on any atom is -0.341 e. The highest BCUT2D eigenvalue weighted by atomic mass is 32.1. The standard InChI is InChI=1S/C15H23N3O2S/c1-12(10-16-2)14(19)17-5-3-6-18(8-7-17)15(20)13-4-9-21-11-13/h4,9,11-12,16H,3,5-8,10H2,1-2H3. The van der Waals surface area contributed by atoms with E-state index in [2.05, 4.69) is 5.32 Å². The van der Waals surface area contributed by atoms with Gasteiger partial charge in [-0.2, -0.15) is 11.3 Å². The molecule has 1 aromatic heterocycles. The molecular weight excluding hydrogens is 286 g/mol. The molecule has 21 heavy (non-hydrogen) atoms. The van der Waals surface area contributed by atoms with Crippen LogP contribution in [0.25, 0.3) is 0 Å². The van der Waals surface area contributed by atoms with Crippen LogP contribution in [-0.2, 0) is 4.79 Å². The minimum absolute atomic E-state index is 0.0193. The summed E-state index contributed by atoms with van der Waals surface area (Å²) in [5.41, 5.74) is 0.753. The van der Waals surface area contributed by atoms with Gasteiger partial charge in [0.2, 0.25) is 5.91 Å². The maximum absolute atomic E-state index is 12.3. The molecule has 2 heterocycles. The molecule has 1 aliphatic rings. The molecule has 116 valence electrons. The predicted molar refractivity (Wildman–Crippen MR) is 84.5 cm³/mol. The average Bonchev–Trinajstić information content (AvgIpc) is 2.90. The SMILES string of the molecule is CNCC(C)C(=O)N1CCCN(C(=O)c2ccsc2)CC1. The Morgan fingerprint density at radius 1 is 1.29 bits per heavy atom. The summed E-state index contributed by atoms with van der Waals surface area (Å²) in [6, 6.07) is 1.86. The van der Waals surface area contributed by atoms with E-state index < -0.39 is 0 Å². The second kappa shape index (κ2) is 7.56. The van der Waals surface area contributed by atoms with Crippen molar-refractivity contribution in [3.63, 3.8) is 0 Å². The molecule has 2 rings (SSSR count). The normalized spacial score (nSPS) is 17.4. The third-order valence-electron chi connectivity index (χ3n) is 3.79. The third kappa shape index (κ3) is 4.04. The lowest BCUT2D eigenvalue weighted by atomic mass is 10.1. The van der Waals surface area contributed by atoms with Gasteiger partial charge in [-0.25, -0.2) is 0 Å². The number of carbonyl (C=O) groups excluding carboxylic acids is 2. The summed E-state index contributed by atoms with van der Waals surface area (Å²) in [6.45, 7) is 5.33. The third-order valence-corrected chi connectivity index (χ3v) is 4.48. The van der Waals surface area contributed by atoms with Gasteiger partial charge in [0.05, 0.1) is 5.56 Å². The molecule has 5 nitrogen and oxygen atoms in total. The van der Waals surface area contributed by atoms with Crippen LogP contribution in [0.15, 0.2) is 16.8 Å². The molecule has 1 fully saturated rings. The highest BCUT2D eigenvalue weighted by Crippen LogP contribution is 2.13. The van der Waals surface area contributed by atoms with E-state index in [4.69, 9.17) is 0 Å². The lowest BCUT2D eigenvalue weighted by Crippen LogP contribution is -2.41. The fourth-order valence-corrected chi connectivity index (χ4v) is 3.24. The summed E-state index contributed by atoms with van der Waals surface area (Å²) >= 11 is 1.53. The molecule has 0 radical (unpaired) electrons. The van der Waals surface area contributed by atoms with E-state index in [-0.39, 0.29) is 17.7 Å². The van der Waals surface area contributed by atoms with Crippen molar-refractivity contribution < 1.29 is 9.59 Å². The monoisotopic (exact) mass is 309 g/mol. The van der Waals surface area contributed by atoms with Gasteiger partial charge in [-0.05, 0) is 24.9 Å². The molecule has 1 saturated heterocycles. The van der Waals surface area contributed by atoms with Gasteiger partial charge in [-0.15, -0.1) is 0 Å². The summed E-state index contributed by atoms with van der Waals surface area (Å²) in [7, 11) is 1.85. The fourth-order valence-electron chi connectivity index (χ4n) is 2.61. The topological polar surface area (TPSA) is 52.7 Å². The highest BCUT2D eigenvalue weighted by molar-refractivity contribution is 7.08. The second-order valence-electron chi connectivity index (χ2n) is 5.44. The molecule has 1 aromatic rings. The first-order valence-corrected chi connectivity index (χ1v) is 8.32. The summed E-state index contributed by atoms with van der Waals surface area (Å²) in [6.07, 6.45) is 0.841. The Morgan fingerprint density at radius 2 is 2.00 bits per heavy atom. The number of hydrogen-bond acceptors (Lipinski definition) is 4. The Bertz CT molecular complexity index is 475. The molecule has 1 unspecified atom stereocenters. The Morgan fingerprint density at radius 3 is 2.67 bits per heavy atom. The van der Waals surface area contributed by atoms with Crippen LogP contribution in [0.5, 0.6) is 0 Å². The van der Waals surface area contributed by atoms with Crippen molar-refractivity contribution in [2.45, 2.75) is 13.3 Å². The van der Waals surface area contributed by atoms with E-state index in [1.165, 1.54) is 11.3 Å². The molecule has 1 atom stereocenters. The smallest absolute Gasteiger partial charge is 0.254 e. The molecule has 0 saturated carbocycles. The molecule has 0 bridgehead atoms. The van der Waals surface area contributed by atoms with Gasteiger partial charge in [0, 0.05) is 44.0 Å². The van der Waals surface area contributed by atoms with Gasteiger partial charge in [-0.1, -0.05) is 6.92 Å². The molecule has 1 N–H and O–H groups in total. The van der Waals surface area contributed by atoms with Gasteiger partial charge >= 0.3 is 0 Å². The number of thiophene rings is 1. The van der Waals surface area contributed by atoms with Crippen LogP contribution in [0, 0.1) is 5.92 Å². The van der Waals surface area contributed by atoms with Gasteiger partial charge in [0.15, 0.2) is 0 Å². The first-order valence-electron chi connectivity index (χ1n) is 7.38. The van der Waals surface area contributed by atoms with Crippen molar-refractivity contribution in [1.29, 1.82) is 0 Å². The van der Waals surface area contributed by atoms with Crippen LogP contribution in [-0.4, -0.2) is 61.4 Å². The van der Waals surface area contributed by atoms with Crippen molar-refractivity contribution >= 4 is 23.2 Å². The van der Waals surface area contributed by atoms with E-state index in [1.54, 1.807) is 0 Å². The van der Waals surface area contributed by atoms with Crippen molar-refractivity contribution in [3.8, 4) is 0 Å². The number of amides is 2. The number of nitrogens with zero attached hydrogens (tertiary/aromatic N) is 2. The zero-order chi connectivity index (χ0) is 15.2. The van der Waals surface area contributed by atoms with E-state index in [1.807, 2.05) is 40.6 Å². The van der Waals surface area contributed by atoms with Crippen molar-refractivity contribution in [2.75, 3.05) is 39.8 Å². The number of rotatable bonds is 4. The van der Waals surface area contributed by atoms with Crippen LogP contribution in [0.1, 0.15) is 23.7 Å². The number of nitrogens with one attached hydrogen (secondary N) is 1. The first-order chi connectivity index (χ1) is 10.1. The fraction of sp³-hybridized carbons (Fsp3) is 0.600. The summed E-state index contributed by atoms with van der Waals surface area (Å²) in [5, 5.41) is 6.83. The molecule has 0 spiro atoms. The maximum atomic E-state index is 12.3. The summed E-state index contributed by atoms with van der Waals surface area (Å²) in [5.74, 6) is 0.233. The summed E-state index contributed by atoms with van der Waals surface area (Å²) < 4.78 is 0. The number of hydrogen-bond donors (Lipinski definition) is 1. The maximum Gasteiger partial charge on any atom is 0.254 e. The lowest BCUT2D eigenvalue weighted by molar-refractivity contribution is -0.134. The molecule has 1 aliphatic heterocycles. The van der Waals surface area contributed by atoms with Crippen LogP contribution in [0.3, 0.4) is 0 Å².